The summed E-state index contributed by atoms with van der Waals surface area (Å²) in [6, 6.07) is 5.55. The summed E-state index contributed by atoms with van der Waals surface area (Å²) < 4.78 is 10.6. The molecule has 0 aromatic heterocycles. The maximum absolute atomic E-state index is 11.0. The maximum atomic E-state index is 11.0. The van der Waals surface area contributed by atoms with Gasteiger partial charge < -0.3 is 9.47 Å². The van der Waals surface area contributed by atoms with E-state index in [1.54, 1.807) is 6.07 Å². The summed E-state index contributed by atoms with van der Waals surface area (Å²) in [5.74, 6) is 1.32. The van der Waals surface area contributed by atoms with E-state index in [0.717, 1.165) is 24.3 Å². The van der Waals surface area contributed by atoms with Crippen molar-refractivity contribution in [3.63, 3.8) is 0 Å². The van der Waals surface area contributed by atoms with E-state index in [2.05, 4.69) is 6.92 Å². The van der Waals surface area contributed by atoms with Crippen LogP contribution in [0.2, 0.25) is 0 Å². The molecule has 0 saturated carbocycles. The minimum absolute atomic E-state index is 0.182. The van der Waals surface area contributed by atoms with Gasteiger partial charge in [-0.05, 0) is 24.6 Å². The van der Waals surface area contributed by atoms with Crippen molar-refractivity contribution >= 4 is 5.97 Å². The van der Waals surface area contributed by atoms with E-state index in [1.165, 1.54) is 12.8 Å². The largest absolute Gasteiger partial charge is 0.494 e. The number of rotatable bonds is 5. The minimum atomic E-state index is -0.182. The number of carbonyl (C=O) groups is 1. The zero-order chi connectivity index (χ0) is 11.4. The molecular weight excluding hydrogens is 204 g/mol. The summed E-state index contributed by atoms with van der Waals surface area (Å²) in [6.07, 6.45) is 3.81. The Hall–Kier alpha value is -1.51. The molecule has 3 nitrogen and oxygen atoms in total. The molecule has 1 heterocycles. The topological polar surface area (TPSA) is 35.5 Å². The van der Waals surface area contributed by atoms with Gasteiger partial charge in [0.15, 0.2) is 0 Å². The third-order valence-electron chi connectivity index (χ3n) is 2.61. The molecule has 0 atom stereocenters. The van der Waals surface area contributed by atoms with Gasteiger partial charge in [0, 0.05) is 5.56 Å². The van der Waals surface area contributed by atoms with Gasteiger partial charge in [0.25, 0.3) is 0 Å². The zero-order valence-electron chi connectivity index (χ0n) is 9.49. The number of hydrogen-bond donors (Lipinski definition) is 0. The van der Waals surface area contributed by atoms with Gasteiger partial charge in [-0.1, -0.05) is 19.8 Å². The summed E-state index contributed by atoms with van der Waals surface area (Å²) in [7, 11) is 0. The van der Waals surface area contributed by atoms with Gasteiger partial charge in [0.05, 0.1) is 13.0 Å². The van der Waals surface area contributed by atoms with Gasteiger partial charge in [0.2, 0.25) is 0 Å². The Morgan fingerprint density at radius 1 is 1.38 bits per heavy atom. The lowest BCUT2D eigenvalue weighted by atomic mass is 10.1. The Labute approximate surface area is 95.4 Å². The van der Waals surface area contributed by atoms with Crippen LogP contribution in [-0.2, 0) is 11.2 Å². The summed E-state index contributed by atoms with van der Waals surface area (Å²) in [6.45, 7) is 2.90. The van der Waals surface area contributed by atoms with Crippen LogP contribution in [0.3, 0.4) is 0 Å². The molecule has 1 aromatic carbocycles. The van der Waals surface area contributed by atoms with Crippen LogP contribution in [0.25, 0.3) is 0 Å². The predicted octanol–water partition coefficient (Wildman–Crippen LogP) is 2.72. The number of fused-ring (bicyclic) bond motifs is 1. The van der Waals surface area contributed by atoms with E-state index in [9.17, 15) is 4.79 Å². The van der Waals surface area contributed by atoms with Crippen molar-refractivity contribution in [3.8, 4) is 11.5 Å². The first-order valence-electron chi connectivity index (χ1n) is 5.76. The summed E-state index contributed by atoms with van der Waals surface area (Å²) in [5, 5.41) is 0. The van der Waals surface area contributed by atoms with Crippen LogP contribution in [-0.4, -0.2) is 12.6 Å². The van der Waals surface area contributed by atoms with Crippen molar-refractivity contribution in [2.75, 3.05) is 6.61 Å². The Kier molecular flexibility index (Phi) is 3.44. The van der Waals surface area contributed by atoms with Crippen LogP contribution in [0.15, 0.2) is 18.2 Å². The number of carbonyl (C=O) groups excluding carboxylic acids is 1. The third kappa shape index (κ3) is 2.54. The number of benzene rings is 1. The van der Waals surface area contributed by atoms with Crippen molar-refractivity contribution < 1.29 is 14.3 Å². The molecular formula is C13H16O3. The van der Waals surface area contributed by atoms with Crippen LogP contribution in [0.4, 0.5) is 0 Å². The van der Waals surface area contributed by atoms with Gasteiger partial charge in [-0.15, -0.1) is 0 Å². The van der Waals surface area contributed by atoms with E-state index < -0.39 is 0 Å². The van der Waals surface area contributed by atoms with Crippen LogP contribution < -0.4 is 9.47 Å². The maximum Gasteiger partial charge on any atom is 0.315 e. The highest BCUT2D eigenvalue weighted by molar-refractivity contribution is 5.81. The van der Waals surface area contributed by atoms with E-state index in [-0.39, 0.29) is 5.97 Å². The van der Waals surface area contributed by atoms with Crippen LogP contribution in [0.1, 0.15) is 31.7 Å². The first-order chi connectivity index (χ1) is 7.79. The lowest BCUT2D eigenvalue weighted by molar-refractivity contribution is -0.131. The first-order valence-corrected chi connectivity index (χ1v) is 5.76. The SMILES string of the molecule is CCCCCOc1ccc2c(c1)CC(=O)O2. The first kappa shape index (κ1) is 11.0. The van der Waals surface area contributed by atoms with Gasteiger partial charge in [-0.2, -0.15) is 0 Å². The van der Waals surface area contributed by atoms with Crippen molar-refractivity contribution in [2.45, 2.75) is 32.6 Å². The lowest BCUT2D eigenvalue weighted by Crippen LogP contribution is -2.00. The Morgan fingerprint density at radius 2 is 2.25 bits per heavy atom. The monoisotopic (exact) mass is 220 g/mol. The highest BCUT2D eigenvalue weighted by Crippen LogP contribution is 2.29. The van der Waals surface area contributed by atoms with Crippen molar-refractivity contribution in [3.05, 3.63) is 23.8 Å². The third-order valence-corrected chi connectivity index (χ3v) is 2.61. The standard InChI is InChI=1S/C13H16O3/c1-2-3-4-7-15-11-5-6-12-10(8-11)9-13(14)16-12/h5-6,8H,2-4,7,9H2,1H3. The highest BCUT2D eigenvalue weighted by Gasteiger charge is 2.20. The fourth-order valence-electron chi connectivity index (χ4n) is 1.74. The molecule has 3 heteroatoms. The molecule has 0 unspecified atom stereocenters. The Morgan fingerprint density at radius 3 is 3.06 bits per heavy atom. The second-order valence-electron chi connectivity index (χ2n) is 3.98. The molecule has 0 N–H and O–H groups in total. The molecule has 0 radical (unpaired) electrons. The average molecular weight is 220 g/mol. The smallest absolute Gasteiger partial charge is 0.315 e. The van der Waals surface area contributed by atoms with E-state index in [4.69, 9.17) is 9.47 Å². The molecule has 86 valence electrons. The molecule has 1 aromatic rings. The highest BCUT2D eigenvalue weighted by atomic mass is 16.5. The summed E-state index contributed by atoms with van der Waals surface area (Å²) in [5.41, 5.74) is 0.929. The number of hydrogen-bond acceptors (Lipinski definition) is 3. The zero-order valence-corrected chi connectivity index (χ0v) is 9.49. The molecule has 1 aliphatic heterocycles. The number of unbranched alkanes of at least 4 members (excludes halogenated alkanes) is 2. The fourth-order valence-corrected chi connectivity index (χ4v) is 1.74. The Balaban J connectivity index is 1.92. The Bertz CT molecular complexity index is 385. The normalized spacial score (nSPS) is 13.4. The van der Waals surface area contributed by atoms with Crippen LogP contribution in [0, 0.1) is 0 Å². The van der Waals surface area contributed by atoms with Gasteiger partial charge in [-0.3, -0.25) is 4.79 Å². The van der Waals surface area contributed by atoms with Crippen LogP contribution in [0.5, 0.6) is 11.5 Å². The van der Waals surface area contributed by atoms with E-state index in [0.29, 0.717) is 12.2 Å². The predicted molar refractivity (Wildman–Crippen MR) is 60.8 cm³/mol. The minimum Gasteiger partial charge on any atom is -0.494 e. The lowest BCUT2D eigenvalue weighted by Gasteiger charge is -2.06. The van der Waals surface area contributed by atoms with Gasteiger partial charge >= 0.3 is 5.97 Å². The van der Waals surface area contributed by atoms with Crippen LogP contribution >= 0.6 is 0 Å². The molecule has 0 aliphatic carbocycles. The molecule has 0 bridgehead atoms. The molecule has 1 aliphatic rings. The second-order valence-corrected chi connectivity index (χ2v) is 3.98. The van der Waals surface area contributed by atoms with Crippen molar-refractivity contribution in [1.82, 2.24) is 0 Å². The fraction of sp³-hybridized carbons (Fsp3) is 0.462. The molecule has 0 saturated heterocycles. The second kappa shape index (κ2) is 5.01. The average Bonchev–Trinajstić information content (AvgIpc) is 2.64. The van der Waals surface area contributed by atoms with Gasteiger partial charge in [0.1, 0.15) is 11.5 Å². The van der Waals surface area contributed by atoms with Crippen molar-refractivity contribution in [1.29, 1.82) is 0 Å². The summed E-state index contributed by atoms with van der Waals surface area (Å²) in [4.78, 5) is 11.0. The quantitative estimate of drug-likeness (QED) is 0.435. The van der Waals surface area contributed by atoms with Gasteiger partial charge in [-0.25, -0.2) is 0 Å². The van der Waals surface area contributed by atoms with E-state index >= 15 is 0 Å². The summed E-state index contributed by atoms with van der Waals surface area (Å²) >= 11 is 0. The van der Waals surface area contributed by atoms with E-state index in [1.807, 2.05) is 12.1 Å². The van der Waals surface area contributed by atoms with Crippen molar-refractivity contribution in [2.24, 2.45) is 0 Å². The molecule has 16 heavy (non-hydrogen) atoms. The number of esters is 1. The molecule has 0 fully saturated rings. The molecule has 0 amide bonds. The molecule has 0 spiro atoms. The molecule has 2 rings (SSSR count). The number of ether oxygens (including phenoxy) is 2.